The topological polar surface area (TPSA) is 71.1 Å². The summed E-state index contributed by atoms with van der Waals surface area (Å²) in [6.45, 7) is 4.08. The summed E-state index contributed by atoms with van der Waals surface area (Å²) in [5.74, 6) is 1.41. The van der Waals surface area contributed by atoms with Gasteiger partial charge in [0.15, 0.2) is 5.75 Å². The van der Waals surface area contributed by atoms with Crippen molar-refractivity contribution in [3.63, 3.8) is 0 Å². The minimum atomic E-state index is -0.866. The Balaban J connectivity index is 1.64. The molecule has 0 saturated heterocycles. The maximum Gasteiger partial charge on any atom is 0.519 e. The molecule has 0 saturated carbocycles. The number of fused-ring (bicyclic) bond motifs is 2. The van der Waals surface area contributed by atoms with Gasteiger partial charge < -0.3 is 18.9 Å². The summed E-state index contributed by atoms with van der Waals surface area (Å²) in [6.07, 6.45) is -0.193. The highest BCUT2D eigenvalue weighted by Crippen LogP contribution is 2.44. The second-order valence-electron chi connectivity index (χ2n) is 8.66. The highest BCUT2D eigenvalue weighted by Gasteiger charge is 2.22. The Morgan fingerprint density at radius 1 is 0.500 bits per heavy atom. The third kappa shape index (κ3) is 5.30. The van der Waals surface area contributed by atoms with E-state index in [2.05, 4.69) is 0 Å². The number of carbonyl (C=O) groups excluding carboxylic acids is 2. The molecular weight excluding hydrogens is 480 g/mol. The van der Waals surface area contributed by atoms with Crippen LogP contribution in [0.3, 0.4) is 0 Å². The van der Waals surface area contributed by atoms with Gasteiger partial charge in [0, 0.05) is 21.5 Å². The molecule has 5 rings (SSSR count). The normalized spacial score (nSPS) is 10.8. The molecule has 0 N–H and O–H groups in total. The molecule has 190 valence electrons. The van der Waals surface area contributed by atoms with Crippen LogP contribution >= 0.6 is 0 Å². The van der Waals surface area contributed by atoms with E-state index in [-0.39, 0.29) is 0 Å². The van der Waals surface area contributed by atoms with Crippen molar-refractivity contribution in [3.8, 4) is 23.0 Å². The van der Waals surface area contributed by atoms with E-state index in [1.54, 1.807) is 48.5 Å². The number of aryl methyl sites for hydroxylation is 2. The first-order valence-corrected chi connectivity index (χ1v) is 12.5. The molecule has 0 fully saturated rings. The lowest BCUT2D eigenvalue weighted by atomic mass is 9.96. The molecule has 0 aliphatic heterocycles. The summed E-state index contributed by atoms with van der Waals surface area (Å²) < 4.78 is 22.5. The molecule has 0 atom stereocenters. The van der Waals surface area contributed by atoms with E-state index >= 15 is 0 Å². The average Bonchev–Trinajstić information content (AvgIpc) is 2.95. The molecule has 0 unspecified atom stereocenters. The second-order valence-corrected chi connectivity index (χ2v) is 8.66. The Kier molecular flexibility index (Phi) is 7.22. The van der Waals surface area contributed by atoms with Crippen LogP contribution in [0.25, 0.3) is 21.5 Å². The zero-order valence-corrected chi connectivity index (χ0v) is 21.1. The highest BCUT2D eigenvalue weighted by molar-refractivity contribution is 6.12. The fourth-order valence-corrected chi connectivity index (χ4v) is 4.28. The van der Waals surface area contributed by atoms with Crippen LogP contribution in [-0.4, -0.2) is 12.3 Å². The number of carbonyl (C=O) groups is 2. The van der Waals surface area contributed by atoms with Crippen LogP contribution in [-0.2, 0) is 12.8 Å². The van der Waals surface area contributed by atoms with Gasteiger partial charge in [-0.25, -0.2) is 9.59 Å². The van der Waals surface area contributed by atoms with Gasteiger partial charge in [-0.2, -0.15) is 0 Å². The Labute approximate surface area is 220 Å². The van der Waals surface area contributed by atoms with Gasteiger partial charge in [0.25, 0.3) is 0 Å². The lowest BCUT2D eigenvalue weighted by Crippen LogP contribution is -2.16. The summed E-state index contributed by atoms with van der Waals surface area (Å²) >= 11 is 0. The molecule has 0 heterocycles. The average molecular weight is 507 g/mol. The van der Waals surface area contributed by atoms with Gasteiger partial charge in [-0.05, 0) is 60.4 Å². The van der Waals surface area contributed by atoms with Crippen molar-refractivity contribution in [2.24, 2.45) is 0 Å². The van der Waals surface area contributed by atoms with E-state index in [4.69, 9.17) is 18.9 Å². The van der Waals surface area contributed by atoms with Crippen LogP contribution < -0.4 is 18.9 Å². The molecule has 0 amide bonds. The standard InChI is InChI=1S/C32H26O6/c1-3-21-15-17-25-27(19-21)30(38-32(34)36-24-13-9-6-10-14-24)28-20-22(4-2)16-18-26(28)29(25)37-31(33)35-23-11-7-5-8-12-23/h5-20H,3-4H2,1-2H3. The van der Waals surface area contributed by atoms with Gasteiger partial charge in [-0.1, -0.05) is 74.5 Å². The summed E-state index contributed by atoms with van der Waals surface area (Å²) in [6, 6.07) is 29.0. The van der Waals surface area contributed by atoms with Gasteiger partial charge in [-0.3, -0.25) is 0 Å². The first-order chi connectivity index (χ1) is 18.6. The lowest BCUT2D eigenvalue weighted by molar-refractivity contribution is 0.151. The molecular formula is C32H26O6. The highest BCUT2D eigenvalue weighted by atomic mass is 16.7. The van der Waals surface area contributed by atoms with Gasteiger partial charge in [0.2, 0.25) is 0 Å². The van der Waals surface area contributed by atoms with Crippen molar-refractivity contribution in [3.05, 3.63) is 108 Å². The predicted octanol–water partition coefficient (Wildman–Crippen LogP) is 8.27. The number of para-hydroxylation sites is 2. The molecule has 0 radical (unpaired) electrons. The number of benzene rings is 5. The fourth-order valence-electron chi connectivity index (χ4n) is 4.28. The van der Waals surface area contributed by atoms with Crippen LogP contribution in [0.15, 0.2) is 97.1 Å². The molecule has 6 heteroatoms. The van der Waals surface area contributed by atoms with Crippen LogP contribution in [0.4, 0.5) is 9.59 Å². The smallest absolute Gasteiger partial charge is 0.395 e. The van der Waals surface area contributed by atoms with Crippen LogP contribution in [0, 0.1) is 0 Å². The van der Waals surface area contributed by atoms with E-state index in [9.17, 15) is 9.59 Å². The van der Waals surface area contributed by atoms with Crippen LogP contribution in [0.2, 0.25) is 0 Å². The molecule has 6 nitrogen and oxygen atoms in total. The summed E-state index contributed by atoms with van der Waals surface area (Å²) in [4.78, 5) is 25.7. The van der Waals surface area contributed by atoms with Crippen molar-refractivity contribution in [1.82, 2.24) is 0 Å². The molecule has 5 aromatic carbocycles. The second kappa shape index (κ2) is 11.0. The summed E-state index contributed by atoms with van der Waals surface area (Å²) in [5, 5.41) is 2.45. The first kappa shape index (κ1) is 24.8. The molecule has 0 bridgehead atoms. The zero-order valence-electron chi connectivity index (χ0n) is 21.1. The maximum atomic E-state index is 12.9. The monoisotopic (exact) mass is 506 g/mol. The largest absolute Gasteiger partial charge is 0.519 e. The third-order valence-electron chi connectivity index (χ3n) is 6.22. The van der Waals surface area contributed by atoms with Crippen LogP contribution in [0.5, 0.6) is 23.0 Å². The van der Waals surface area contributed by atoms with E-state index < -0.39 is 12.3 Å². The van der Waals surface area contributed by atoms with Crippen molar-refractivity contribution < 1.29 is 28.5 Å². The molecule has 5 aromatic rings. The molecule has 0 aliphatic carbocycles. The quantitative estimate of drug-likeness (QED) is 0.131. The number of hydrogen-bond donors (Lipinski definition) is 0. The number of hydrogen-bond acceptors (Lipinski definition) is 6. The minimum absolute atomic E-state index is 0.324. The maximum absolute atomic E-state index is 12.9. The Morgan fingerprint density at radius 2 is 0.895 bits per heavy atom. The summed E-state index contributed by atoms with van der Waals surface area (Å²) in [7, 11) is 0. The van der Waals surface area contributed by atoms with Crippen LogP contribution in [0.1, 0.15) is 25.0 Å². The van der Waals surface area contributed by atoms with Crippen molar-refractivity contribution in [1.29, 1.82) is 0 Å². The van der Waals surface area contributed by atoms with Crippen molar-refractivity contribution in [2.45, 2.75) is 26.7 Å². The Morgan fingerprint density at radius 3 is 1.29 bits per heavy atom. The molecule has 0 spiro atoms. The molecule has 0 aliphatic rings. The van der Waals surface area contributed by atoms with Gasteiger partial charge in [0.05, 0.1) is 0 Å². The van der Waals surface area contributed by atoms with E-state index in [0.29, 0.717) is 44.5 Å². The lowest BCUT2D eigenvalue weighted by Gasteiger charge is -2.17. The van der Waals surface area contributed by atoms with E-state index in [1.807, 2.05) is 62.4 Å². The Hall–Kier alpha value is -4.84. The van der Waals surface area contributed by atoms with Crippen molar-refractivity contribution >= 4 is 33.9 Å². The minimum Gasteiger partial charge on any atom is -0.395 e. The third-order valence-corrected chi connectivity index (χ3v) is 6.22. The van der Waals surface area contributed by atoms with Gasteiger partial charge in [0.1, 0.15) is 17.2 Å². The number of rotatable bonds is 6. The first-order valence-electron chi connectivity index (χ1n) is 12.5. The van der Waals surface area contributed by atoms with Crippen molar-refractivity contribution in [2.75, 3.05) is 0 Å². The Bertz CT molecular complexity index is 1550. The van der Waals surface area contributed by atoms with E-state index in [1.165, 1.54) is 0 Å². The fraction of sp³-hybridized carbons (Fsp3) is 0.125. The predicted molar refractivity (Wildman–Crippen MR) is 146 cm³/mol. The molecule has 38 heavy (non-hydrogen) atoms. The SMILES string of the molecule is CCc1ccc2c(OC(=O)Oc3ccccc3)c3ccc(CC)cc3c(OC(=O)Oc3ccccc3)c2c1. The zero-order chi connectivity index (χ0) is 26.5. The van der Waals surface area contributed by atoms with E-state index in [0.717, 1.165) is 24.0 Å². The molecule has 0 aromatic heterocycles. The summed E-state index contributed by atoms with van der Waals surface area (Å²) in [5.41, 5.74) is 2.06. The van der Waals surface area contributed by atoms with Gasteiger partial charge >= 0.3 is 12.3 Å². The van der Waals surface area contributed by atoms with Gasteiger partial charge in [-0.15, -0.1) is 0 Å². The number of ether oxygens (including phenoxy) is 4.